The second kappa shape index (κ2) is 6.08. The SMILES string of the molecule is CO[SiH](Oc1ccccc1)Oc1ccccc1. The van der Waals surface area contributed by atoms with Crippen LogP contribution < -0.4 is 8.85 Å². The molecule has 0 atom stereocenters. The molecule has 0 amide bonds. The van der Waals surface area contributed by atoms with Gasteiger partial charge in [0.2, 0.25) is 0 Å². The second-order valence-corrected chi connectivity index (χ2v) is 4.91. The quantitative estimate of drug-likeness (QED) is 0.759. The molecule has 0 aromatic heterocycles. The molecular weight excluding hydrogens is 232 g/mol. The zero-order chi connectivity index (χ0) is 11.9. The molecule has 0 fully saturated rings. The highest BCUT2D eigenvalue weighted by Gasteiger charge is 2.17. The summed E-state index contributed by atoms with van der Waals surface area (Å²) < 4.78 is 16.6. The van der Waals surface area contributed by atoms with Crippen LogP contribution in [0, 0.1) is 0 Å². The molecule has 0 aliphatic heterocycles. The normalized spacial score (nSPS) is 10.2. The summed E-state index contributed by atoms with van der Waals surface area (Å²) in [6.45, 7) is 0. The third-order valence-corrected chi connectivity index (χ3v) is 3.46. The van der Waals surface area contributed by atoms with Gasteiger partial charge in [0.25, 0.3) is 0 Å². The topological polar surface area (TPSA) is 27.7 Å². The molecule has 0 heterocycles. The van der Waals surface area contributed by atoms with Crippen molar-refractivity contribution >= 4 is 9.53 Å². The largest absolute Gasteiger partial charge is 0.615 e. The van der Waals surface area contributed by atoms with Crippen molar-refractivity contribution in [1.29, 1.82) is 0 Å². The Kier molecular flexibility index (Phi) is 4.18. The Morgan fingerprint density at radius 1 is 0.706 bits per heavy atom. The molecule has 0 spiro atoms. The fourth-order valence-electron chi connectivity index (χ4n) is 1.34. The van der Waals surface area contributed by atoms with E-state index in [1.54, 1.807) is 7.11 Å². The lowest BCUT2D eigenvalue weighted by Crippen LogP contribution is -2.32. The molecule has 0 bridgehead atoms. The highest BCUT2D eigenvalue weighted by atomic mass is 28.3. The number of rotatable bonds is 5. The average molecular weight is 246 g/mol. The van der Waals surface area contributed by atoms with E-state index in [4.69, 9.17) is 13.3 Å². The maximum absolute atomic E-state index is 5.66. The van der Waals surface area contributed by atoms with Crippen molar-refractivity contribution < 1.29 is 13.3 Å². The van der Waals surface area contributed by atoms with E-state index >= 15 is 0 Å². The molecule has 2 aromatic rings. The zero-order valence-electron chi connectivity index (χ0n) is 9.58. The summed E-state index contributed by atoms with van der Waals surface area (Å²) in [6.07, 6.45) is 0. The summed E-state index contributed by atoms with van der Waals surface area (Å²) in [7, 11) is -0.566. The summed E-state index contributed by atoms with van der Waals surface area (Å²) >= 11 is 0. The van der Waals surface area contributed by atoms with Gasteiger partial charge in [-0.3, -0.25) is 0 Å². The molecule has 0 saturated carbocycles. The molecule has 17 heavy (non-hydrogen) atoms. The van der Waals surface area contributed by atoms with Crippen molar-refractivity contribution in [3.8, 4) is 11.5 Å². The molecular formula is C13H14O3Si. The Hall–Kier alpha value is -1.78. The van der Waals surface area contributed by atoms with E-state index in [1.165, 1.54) is 0 Å². The predicted octanol–water partition coefficient (Wildman–Crippen LogP) is 2.51. The number of para-hydroxylation sites is 2. The van der Waals surface area contributed by atoms with Crippen LogP contribution in [-0.4, -0.2) is 16.6 Å². The first-order valence-corrected chi connectivity index (χ1v) is 6.76. The van der Waals surface area contributed by atoms with Crippen LogP contribution >= 0.6 is 0 Å². The first kappa shape index (κ1) is 11.7. The smallest absolute Gasteiger partial charge is 0.494 e. The maximum Gasteiger partial charge on any atom is 0.615 e. The van der Waals surface area contributed by atoms with Crippen LogP contribution in [0.2, 0.25) is 0 Å². The van der Waals surface area contributed by atoms with Crippen molar-refractivity contribution in [3.05, 3.63) is 60.7 Å². The first-order valence-electron chi connectivity index (χ1n) is 5.34. The lowest BCUT2D eigenvalue weighted by molar-refractivity contribution is 0.247. The van der Waals surface area contributed by atoms with Crippen LogP contribution in [-0.2, 0) is 4.43 Å². The van der Waals surface area contributed by atoms with Gasteiger partial charge in [0.15, 0.2) is 0 Å². The first-order chi connectivity index (χ1) is 8.38. The van der Waals surface area contributed by atoms with Gasteiger partial charge in [0, 0.05) is 7.11 Å². The van der Waals surface area contributed by atoms with Crippen LogP contribution in [0.5, 0.6) is 11.5 Å². The fourth-order valence-corrected chi connectivity index (χ4v) is 2.34. The van der Waals surface area contributed by atoms with Gasteiger partial charge in [-0.2, -0.15) is 0 Å². The molecule has 0 aliphatic rings. The Bertz CT molecular complexity index is 391. The molecule has 0 radical (unpaired) electrons. The molecule has 2 rings (SSSR count). The Balaban J connectivity index is 1.98. The van der Waals surface area contributed by atoms with Gasteiger partial charge >= 0.3 is 9.53 Å². The van der Waals surface area contributed by atoms with Gasteiger partial charge in [-0.05, 0) is 24.3 Å². The second-order valence-electron chi connectivity index (χ2n) is 3.39. The molecule has 0 aliphatic carbocycles. The maximum atomic E-state index is 5.66. The average Bonchev–Trinajstić information content (AvgIpc) is 2.40. The van der Waals surface area contributed by atoms with Gasteiger partial charge < -0.3 is 13.3 Å². The van der Waals surface area contributed by atoms with Gasteiger partial charge in [-0.1, -0.05) is 36.4 Å². The molecule has 88 valence electrons. The van der Waals surface area contributed by atoms with Crippen LogP contribution in [0.25, 0.3) is 0 Å². The molecule has 3 nitrogen and oxygen atoms in total. The molecule has 2 aromatic carbocycles. The standard InChI is InChI=1S/C13H14O3Si/c1-14-17(15-12-8-4-2-5-9-12)16-13-10-6-3-7-11-13/h2-11,17H,1H3. The van der Waals surface area contributed by atoms with E-state index in [0.29, 0.717) is 0 Å². The summed E-state index contributed by atoms with van der Waals surface area (Å²) in [4.78, 5) is 0. The lowest BCUT2D eigenvalue weighted by atomic mass is 10.3. The summed E-state index contributed by atoms with van der Waals surface area (Å²) in [6, 6.07) is 19.1. The van der Waals surface area contributed by atoms with E-state index in [0.717, 1.165) is 11.5 Å². The van der Waals surface area contributed by atoms with E-state index in [9.17, 15) is 0 Å². The van der Waals surface area contributed by atoms with Crippen molar-refractivity contribution in [3.63, 3.8) is 0 Å². The molecule has 0 saturated heterocycles. The highest BCUT2D eigenvalue weighted by Crippen LogP contribution is 2.14. The monoisotopic (exact) mass is 246 g/mol. The van der Waals surface area contributed by atoms with Crippen LogP contribution in [0.1, 0.15) is 0 Å². The lowest BCUT2D eigenvalue weighted by Gasteiger charge is -2.16. The minimum absolute atomic E-state index is 0.766. The third-order valence-electron chi connectivity index (χ3n) is 2.14. The van der Waals surface area contributed by atoms with Crippen molar-refractivity contribution in [2.24, 2.45) is 0 Å². The number of benzene rings is 2. The summed E-state index contributed by atoms with van der Waals surface area (Å²) in [5.74, 6) is 1.53. The van der Waals surface area contributed by atoms with Gasteiger partial charge in [0.05, 0.1) is 0 Å². The van der Waals surface area contributed by atoms with Crippen molar-refractivity contribution in [2.45, 2.75) is 0 Å². The third kappa shape index (κ3) is 3.62. The van der Waals surface area contributed by atoms with E-state index < -0.39 is 9.53 Å². The fraction of sp³-hybridized carbons (Fsp3) is 0.0769. The Morgan fingerprint density at radius 3 is 1.47 bits per heavy atom. The number of hydrogen-bond donors (Lipinski definition) is 0. The van der Waals surface area contributed by atoms with Crippen molar-refractivity contribution in [1.82, 2.24) is 0 Å². The van der Waals surface area contributed by atoms with Crippen LogP contribution in [0.15, 0.2) is 60.7 Å². The van der Waals surface area contributed by atoms with E-state index in [-0.39, 0.29) is 0 Å². The zero-order valence-corrected chi connectivity index (χ0v) is 10.7. The minimum Gasteiger partial charge on any atom is -0.494 e. The van der Waals surface area contributed by atoms with E-state index in [2.05, 4.69) is 0 Å². The number of hydrogen-bond acceptors (Lipinski definition) is 3. The van der Waals surface area contributed by atoms with Gasteiger partial charge in [-0.25, -0.2) is 0 Å². The van der Waals surface area contributed by atoms with Crippen LogP contribution in [0.4, 0.5) is 0 Å². The van der Waals surface area contributed by atoms with Gasteiger partial charge in [-0.15, -0.1) is 0 Å². The van der Waals surface area contributed by atoms with Gasteiger partial charge in [0.1, 0.15) is 11.5 Å². The van der Waals surface area contributed by atoms with Crippen LogP contribution in [0.3, 0.4) is 0 Å². The molecule has 4 heteroatoms. The predicted molar refractivity (Wildman–Crippen MR) is 68.3 cm³/mol. The summed E-state index contributed by atoms with van der Waals surface area (Å²) in [5, 5.41) is 0. The highest BCUT2D eigenvalue weighted by molar-refractivity contribution is 6.38. The summed E-state index contributed by atoms with van der Waals surface area (Å²) in [5.41, 5.74) is 0. The Labute approximate surface area is 103 Å². The van der Waals surface area contributed by atoms with Crippen molar-refractivity contribution in [2.75, 3.05) is 7.11 Å². The Morgan fingerprint density at radius 2 is 1.12 bits per heavy atom. The minimum atomic E-state index is -2.17. The molecule has 0 N–H and O–H groups in total. The van der Waals surface area contributed by atoms with E-state index in [1.807, 2.05) is 60.7 Å². The molecule has 0 unspecified atom stereocenters.